The molecule has 2 heterocycles. The number of anilines is 1. The third kappa shape index (κ3) is 7.49. The number of halogens is 4. The zero-order valence-electron chi connectivity index (χ0n) is 16.5. The lowest BCUT2D eigenvalue weighted by molar-refractivity contribution is -0.140. The monoisotopic (exact) mass is 571 g/mol. The molecule has 11 heteroatoms. The molecule has 0 aliphatic carbocycles. The first-order chi connectivity index (χ1) is 14.0. The first-order valence-electron chi connectivity index (χ1n) is 9.33. The Morgan fingerprint density at radius 1 is 1.17 bits per heavy atom. The lowest BCUT2D eigenvalue weighted by Crippen LogP contribution is -2.37. The number of aliphatic imine (C=N–C) groups is 1. The van der Waals surface area contributed by atoms with E-state index < -0.39 is 11.9 Å². The van der Waals surface area contributed by atoms with Crippen LogP contribution in [0.4, 0.5) is 18.9 Å². The Labute approximate surface area is 200 Å². The van der Waals surface area contributed by atoms with Gasteiger partial charge in [0.15, 0.2) is 11.7 Å². The summed E-state index contributed by atoms with van der Waals surface area (Å²) in [5.41, 5.74) is 1.56. The molecule has 1 aliphatic heterocycles. The Morgan fingerprint density at radius 3 is 2.47 bits per heavy atom. The molecule has 1 aromatic heterocycles. The van der Waals surface area contributed by atoms with Gasteiger partial charge >= 0.3 is 6.18 Å². The maximum atomic E-state index is 12.6. The fourth-order valence-corrected chi connectivity index (χ4v) is 4.60. The van der Waals surface area contributed by atoms with Crippen LogP contribution in [0.15, 0.2) is 34.6 Å². The summed E-state index contributed by atoms with van der Waals surface area (Å²) in [7, 11) is 1.66. The van der Waals surface area contributed by atoms with Gasteiger partial charge in [0.2, 0.25) is 0 Å². The number of benzene rings is 1. The van der Waals surface area contributed by atoms with Crippen LogP contribution in [-0.4, -0.2) is 49.1 Å². The van der Waals surface area contributed by atoms with Crippen LogP contribution >= 0.6 is 47.1 Å². The molecular formula is C19H25F3IN5S2. The van der Waals surface area contributed by atoms with Crippen molar-refractivity contribution in [2.24, 2.45) is 4.99 Å². The fourth-order valence-electron chi connectivity index (χ4n) is 2.90. The SMILES string of the molecule is CN=C(NCCc1nc(C(F)(F)F)cs1)NCc1ccc(N2CCSCC2)cc1.I. The minimum absolute atomic E-state index is 0. The van der Waals surface area contributed by atoms with Crippen molar-refractivity contribution in [3.05, 3.63) is 45.9 Å². The minimum Gasteiger partial charge on any atom is -0.370 e. The highest BCUT2D eigenvalue weighted by Crippen LogP contribution is 2.30. The highest BCUT2D eigenvalue weighted by atomic mass is 127. The second-order valence-electron chi connectivity index (χ2n) is 6.49. The van der Waals surface area contributed by atoms with Gasteiger partial charge in [0, 0.05) is 62.2 Å². The maximum absolute atomic E-state index is 12.6. The number of thioether (sulfide) groups is 1. The average molecular weight is 571 g/mol. The van der Waals surface area contributed by atoms with Crippen LogP contribution in [-0.2, 0) is 19.1 Å². The number of nitrogens with one attached hydrogen (secondary N) is 2. The molecule has 1 saturated heterocycles. The van der Waals surface area contributed by atoms with Gasteiger partial charge in [0.1, 0.15) is 0 Å². The molecule has 0 bridgehead atoms. The number of guanidine groups is 1. The van der Waals surface area contributed by atoms with Crippen molar-refractivity contribution in [3.63, 3.8) is 0 Å². The molecule has 0 saturated carbocycles. The van der Waals surface area contributed by atoms with Gasteiger partial charge < -0.3 is 15.5 Å². The quantitative estimate of drug-likeness (QED) is 0.309. The smallest absolute Gasteiger partial charge is 0.370 e. The lowest BCUT2D eigenvalue weighted by Gasteiger charge is -2.28. The van der Waals surface area contributed by atoms with E-state index in [0.29, 0.717) is 30.5 Å². The molecule has 1 aliphatic rings. The molecule has 0 amide bonds. The van der Waals surface area contributed by atoms with E-state index in [-0.39, 0.29) is 24.0 Å². The molecule has 5 nitrogen and oxygen atoms in total. The van der Waals surface area contributed by atoms with E-state index in [1.807, 2.05) is 11.8 Å². The summed E-state index contributed by atoms with van der Waals surface area (Å²) in [4.78, 5) is 10.2. The fraction of sp³-hybridized carbons (Fsp3) is 0.474. The Hall–Kier alpha value is -1.21. The van der Waals surface area contributed by atoms with Gasteiger partial charge in [0.25, 0.3) is 0 Å². The van der Waals surface area contributed by atoms with Crippen LogP contribution in [0.2, 0.25) is 0 Å². The van der Waals surface area contributed by atoms with Crippen LogP contribution in [0, 0.1) is 0 Å². The number of thiazole rings is 1. The Bertz CT molecular complexity index is 805. The predicted octanol–water partition coefficient (Wildman–Crippen LogP) is 4.24. The Balaban J connectivity index is 0.00000320. The van der Waals surface area contributed by atoms with Crippen molar-refractivity contribution < 1.29 is 13.2 Å². The van der Waals surface area contributed by atoms with Crippen molar-refractivity contribution in [3.8, 4) is 0 Å². The van der Waals surface area contributed by atoms with Gasteiger partial charge in [0.05, 0.1) is 5.01 Å². The van der Waals surface area contributed by atoms with Crippen molar-refractivity contribution in [2.45, 2.75) is 19.1 Å². The van der Waals surface area contributed by atoms with E-state index in [9.17, 15) is 13.2 Å². The van der Waals surface area contributed by atoms with E-state index in [2.05, 4.69) is 49.8 Å². The molecule has 3 rings (SSSR count). The van der Waals surface area contributed by atoms with Gasteiger partial charge in [-0.25, -0.2) is 4.98 Å². The van der Waals surface area contributed by atoms with Crippen molar-refractivity contribution in [1.29, 1.82) is 0 Å². The zero-order valence-corrected chi connectivity index (χ0v) is 20.5. The molecule has 1 fully saturated rings. The normalized spacial score (nSPS) is 14.9. The van der Waals surface area contributed by atoms with Crippen LogP contribution in [0.1, 0.15) is 16.3 Å². The lowest BCUT2D eigenvalue weighted by atomic mass is 10.2. The van der Waals surface area contributed by atoms with Crippen molar-refractivity contribution >= 4 is 58.7 Å². The van der Waals surface area contributed by atoms with E-state index >= 15 is 0 Å². The first kappa shape index (κ1) is 25.1. The van der Waals surface area contributed by atoms with E-state index in [0.717, 1.165) is 35.4 Å². The average Bonchev–Trinajstić information content (AvgIpc) is 3.21. The molecule has 0 spiro atoms. The summed E-state index contributed by atoms with van der Waals surface area (Å²) >= 11 is 3.01. The number of hydrogen-bond acceptors (Lipinski definition) is 5. The van der Waals surface area contributed by atoms with Crippen LogP contribution in [0.5, 0.6) is 0 Å². The molecule has 2 N–H and O–H groups in total. The second-order valence-corrected chi connectivity index (χ2v) is 8.66. The van der Waals surface area contributed by atoms with Crippen LogP contribution in [0.3, 0.4) is 0 Å². The predicted molar refractivity (Wildman–Crippen MR) is 130 cm³/mol. The van der Waals surface area contributed by atoms with E-state index in [1.54, 1.807) is 7.05 Å². The van der Waals surface area contributed by atoms with Gasteiger partial charge in [-0.05, 0) is 17.7 Å². The highest BCUT2D eigenvalue weighted by Gasteiger charge is 2.33. The zero-order chi connectivity index (χ0) is 20.7. The van der Waals surface area contributed by atoms with Gasteiger partial charge in [-0.2, -0.15) is 24.9 Å². The Kier molecular flexibility index (Phi) is 10.0. The number of hydrogen-bond donors (Lipinski definition) is 2. The van der Waals surface area contributed by atoms with Gasteiger partial charge in [-0.3, -0.25) is 4.99 Å². The molecule has 30 heavy (non-hydrogen) atoms. The molecule has 1 aromatic carbocycles. The van der Waals surface area contributed by atoms with E-state index in [4.69, 9.17) is 0 Å². The molecule has 0 atom stereocenters. The number of rotatable bonds is 6. The van der Waals surface area contributed by atoms with Crippen molar-refractivity contribution in [2.75, 3.05) is 43.1 Å². The van der Waals surface area contributed by atoms with E-state index in [1.165, 1.54) is 17.2 Å². The maximum Gasteiger partial charge on any atom is 0.434 e. The summed E-state index contributed by atoms with van der Waals surface area (Å²) in [6.07, 6.45) is -3.98. The largest absolute Gasteiger partial charge is 0.434 e. The molecule has 0 radical (unpaired) electrons. The summed E-state index contributed by atoms with van der Waals surface area (Å²) in [6.45, 7) is 3.24. The molecule has 166 valence electrons. The van der Waals surface area contributed by atoms with Gasteiger partial charge in [-0.15, -0.1) is 35.3 Å². The van der Waals surface area contributed by atoms with Crippen LogP contribution < -0.4 is 15.5 Å². The topological polar surface area (TPSA) is 52.6 Å². The molecule has 2 aromatic rings. The van der Waals surface area contributed by atoms with Crippen molar-refractivity contribution in [1.82, 2.24) is 15.6 Å². The minimum atomic E-state index is -4.39. The van der Waals surface area contributed by atoms with Crippen LogP contribution in [0.25, 0.3) is 0 Å². The third-order valence-electron chi connectivity index (χ3n) is 4.47. The standard InChI is InChI=1S/C19H24F3N5S2.HI/c1-23-18(24-7-6-17-26-16(13-29-17)19(20,21)22)25-12-14-2-4-15(5-3-14)27-8-10-28-11-9-27;/h2-5,13H,6-12H2,1H3,(H2,23,24,25);1H. The second kappa shape index (κ2) is 12.0. The summed E-state index contributed by atoms with van der Waals surface area (Å²) in [5, 5.41) is 7.84. The third-order valence-corrected chi connectivity index (χ3v) is 6.32. The first-order valence-corrected chi connectivity index (χ1v) is 11.4. The highest BCUT2D eigenvalue weighted by molar-refractivity contribution is 14.0. The summed E-state index contributed by atoms with van der Waals surface area (Å²) in [6, 6.07) is 8.49. The number of aromatic nitrogens is 1. The summed E-state index contributed by atoms with van der Waals surface area (Å²) in [5.74, 6) is 2.95. The molecular weight excluding hydrogens is 546 g/mol. The number of nitrogens with zero attached hydrogens (tertiary/aromatic N) is 3. The summed E-state index contributed by atoms with van der Waals surface area (Å²) < 4.78 is 37.8. The Morgan fingerprint density at radius 2 is 1.87 bits per heavy atom. The number of alkyl halides is 3. The van der Waals surface area contributed by atoms with Gasteiger partial charge in [-0.1, -0.05) is 12.1 Å². The molecule has 0 unspecified atom stereocenters.